The standard InChI is InChI=1S/C21H18F2N6O3/c1-31-13-6-16-19(17(7-13)32-2)21(25-11-24-16)27-12-8-26-29(9-12)10-18(30)28-15-5-3-4-14(22)20(15)23/h3-9,11H,10H2,1-2H3,(H,28,30)(H,24,25,27). The highest BCUT2D eigenvalue weighted by Gasteiger charge is 2.14. The zero-order valence-corrected chi connectivity index (χ0v) is 17.1. The van der Waals surface area contributed by atoms with Crippen molar-refractivity contribution in [2.24, 2.45) is 0 Å². The number of hydrogen-bond acceptors (Lipinski definition) is 7. The fourth-order valence-corrected chi connectivity index (χ4v) is 3.09. The van der Waals surface area contributed by atoms with E-state index in [1.165, 1.54) is 36.4 Å². The number of nitrogens with one attached hydrogen (secondary N) is 2. The predicted molar refractivity (Wildman–Crippen MR) is 113 cm³/mol. The summed E-state index contributed by atoms with van der Waals surface area (Å²) in [7, 11) is 3.08. The fraction of sp³-hybridized carbons (Fsp3) is 0.143. The highest BCUT2D eigenvalue weighted by Crippen LogP contribution is 2.35. The molecule has 2 aromatic heterocycles. The minimum absolute atomic E-state index is 0.206. The van der Waals surface area contributed by atoms with Gasteiger partial charge in [-0.15, -0.1) is 0 Å². The maximum Gasteiger partial charge on any atom is 0.246 e. The van der Waals surface area contributed by atoms with Crippen LogP contribution in [0.5, 0.6) is 11.5 Å². The minimum Gasteiger partial charge on any atom is -0.497 e. The first-order valence-electron chi connectivity index (χ1n) is 9.38. The maximum atomic E-state index is 13.7. The number of anilines is 3. The molecule has 4 aromatic rings. The van der Waals surface area contributed by atoms with Gasteiger partial charge in [-0.2, -0.15) is 5.10 Å². The molecule has 0 atom stereocenters. The maximum absolute atomic E-state index is 13.7. The van der Waals surface area contributed by atoms with Gasteiger partial charge in [0.05, 0.1) is 42.7 Å². The quantitative estimate of drug-likeness (QED) is 0.453. The van der Waals surface area contributed by atoms with E-state index < -0.39 is 17.5 Å². The van der Waals surface area contributed by atoms with Crippen molar-refractivity contribution >= 4 is 34.0 Å². The van der Waals surface area contributed by atoms with Crippen LogP contribution in [0.15, 0.2) is 49.1 Å². The zero-order chi connectivity index (χ0) is 22.7. The molecule has 2 N–H and O–H groups in total. The summed E-state index contributed by atoms with van der Waals surface area (Å²) >= 11 is 0. The lowest BCUT2D eigenvalue weighted by molar-refractivity contribution is -0.116. The molecule has 0 aliphatic carbocycles. The third-order valence-corrected chi connectivity index (χ3v) is 4.56. The fourth-order valence-electron chi connectivity index (χ4n) is 3.09. The topological polar surface area (TPSA) is 103 Å². The number of methoxy groups -OCH3 is 2. The van der Waals surface area contributed by atoms with Gasteiger partial charge in [-0.3, -0.25) is 9.48 Å². The number of benzene rings is 2. The van der Waals surface area contributed by atoms with Gasteiger partial charge in [0.25, 0.3) is 0 Å². The van der Waals surface area contributed by atoms with Crippen LogP contribution in [0.4, 0.5) is 26.0 Å². The van der Waals surface area contributed by atoms with E-state index in [-0.39, 0.29) is 12.2 Å². The van der Waals surface area contributed by atoms with Crippen LogP contribution in [0.1, 0.15) is 0 Å². The zero-order valence-electron chi connectivity index (χ0n) is 17.1. The molecule has 4 rings (SSSR count). The summed E-state index contributed by atoms with van der Waals surface area (Å²) in [4.78, 5) is 20.7. The Kier molecular flexibility index (Phi) is 5.79. The van der Waals surface area contributed by atoms with Crippen LogP contribution in [-0.2, 0) is 11.3 Å². The molecule has 0 aliphatic heterocycles. The summed E-state index contributed by atoms with van der Waals surface area (Å²) in [6, 6.07) is 7.02. The second-order valence-electron chi connectivity index (χ2n) is 6.65. The minimum atomic E-state index is -1.12. The van der Waals surface area contributed by atoms with Gasteiger partial charge in [0.15, 0.2) is 11.6 Å². The molecule has 11 heteroatoms. The number of carbonyl (C=O) groups excluding carboxylic acids is 1. The number of nitrogens with zero attached hydrogens (tertiary/aromatic N) is 4. The van der Waals surface area contributed by atoms with E-state index in [2.05, 4.69) is 25.7 Å². The first kappa shape index (κ1) is 21.0. The Balaban J connectivity index is 1.52. The summed E-state index contributed by atoms with van der Waals surface area (Å²) in [5, 5.41) is 10.2. The van der Waals surface area contributed by atoms with Gasteiger partial charge in [-0.05, 0) is 12.1 Å². The predicted octanol–water partition coefficient (Wildman–Crippen LogP) is 3.50. The van der Waals surface area contributed by atoms with Crippen molar-refractivity contribution < 1.29 is 23.0 Å². The summed E-state index contributed by atoms with van der Waals surface area (Å²) in [5.41, 5.74) is 0.922. The molecule has 0 spiro atoms. The van der Waals surface area contributed by atoms with Crippen molar-refractivity contribution in [3.63, 3.8) is 0 Å². The number of amides is 1. The monoisotopic (exact) mass is 440 g/mol. The normalized spacial score (nSPS) is 10.8. The van der Waals surface area contributed by atoms with E-state index in [9.17, 15) is 13.6 Å². The lowest BCUT2D eigenvalue weighted by Crippen LogP contribution is -2.19. The van der Waals surface area contributed by atoms with E-state index in [4.69, 9.17) is 9.47 Å². The lowest BCUT2D eigenvalue weighted by Gasteiger charge is -2.11. The number of carbonyl (C=O) groups is 1. The van der Waals surface area contributed by atoms with Crippen molar-refractivity contribution in [1.82, 2.24) is 19.7 Å². The number of rotatable bonds is 7. The Hall–Kier alpha value is -4.28. The van der Waals surface area contributed by atoms with Crippen LogP contribution in [0.2, 0.25) is 0 Å². The van der Waals surface area contributed by atoms with Crippen molar-refractivity contribution in [3.8, 4) is 11.5 Å². The van der Waals surface area contributed by atoms with Crippen LogP contribution in [0.25, 0.3) is 10.9 Å². The SMILES string of the molecule is COc1cc(OC)c2c(Nc3cnn(CC(=O)Nc4cccc(F)c4F)c3)ncnc2c1. The number of aromatic nitrogens is 4. The van der Waals surface area contributed by atoms with E-state index in [1.54, 1.807) is 25.4 Å². The average Bonchev–Trinajstić information content (AvgIpc) is 3.22. The van der Waals surface area contributed by atoms with Gasteiger partial charge in [-0.1, -0.05) is 6.07 Å². The Morgan fingerprint density at radius 1 is 1.16 bits per heavy atom. The third kappa shape index (κ3) is 4.26. The molecule has 2 aromatic carbocycles. The first-order chi connectivity index (χ1) is 15.5. The van der Waals surface area contributed by atoms with Crippen molar-refractivity contribution in [2.45, 2.75) is 6.54 Å². The number of halogens is 2. The van der Waals surface area contributed by atoms with Crippen LogP contribution in [0.3, 0.4) is 0 Å². The highest BCUT2D eigenvalue weighted by atomic mass is 19.2. The van der Waals surface area contributed by atoms with E-state index in [0.717, 1.165) is 6.07 Å². The first-order valence-corrected chi connectivity index (χ1v) is 9.38. The Labute approximate surface area is 181 Å². The van der Waals surface area contributed by atoms with Crippen molar-refractivity contribution in [2.75, 3.05) is 24.9 Å². The van der Waals surface area contributed by atoms with Crippen molar-refractivity contribution in [3.05, 3.63) is 60.7 Å². The third-order valence-electron chi connectivity index (χ3n) is 4.56. The smallest absolute Gasteiger partial charge is 0.246 e. The molecule has 164 valence electrons. The van der Waals surface area contributed by atoms with Crippen LogP contribution >= 0.6 is 0 Å². The molecule has 0 saturated carbocycles. The van der Waals surface area contributed by atoms with Gasteiger partial charge in [-0.25, -0.2) is 18.7 Å². The second-order valence-corrected chi connectivity index (χ2v) is 6.65. The molecule has 0 radical (unpaired) electrons. The summed E-state index contributed by atoms with van der Waals surface area (Å²) in [5.74, 6) is -1.15. The van der Waals surface area contributed by atoms with Gasteiger partial charge >= 0.3 is 0 Å². The molecule has 0 saturated heterocycles. The molecule has 1 amide bonds. The Morgan fingerprint density at radius 3 is 2.78 bits per heavy atom. The van der Waals surface area contributed by atoms with Gasteiger partial charge in [0.1, 0.15) is 30.2 Å². The molecule has 2 heterocycles. The van der Waals surface area contributed by atoms with Crippen molar-refractivity contribution in [1.29, 1.82) is 0 Å². The second kappa shape index (κ2) is 8.84. The van der Waals surface area contributed by atoms with Crippen LogP contribution in [-0.4, -0.2) is 39.9 Å². The van der Waals surface area contributed by atoms with Gasteiger partial charge < -0.3 is 20.1 Å². The number of hydrogen-bond donors (Lipinski definition) is 2. The molecule has 0 unspecified atom stereocenters. The molecular weight excluding hydrogens is 422 g/mol. The van der Waals surface area contributed by atoms with E-state index in [1.807, 2.05) is 0 Å². The van der Waals surface area contributed by atoms with Gasteiger partial charge in [0.2, 0.25) is 5.91 Å². The molecule has 0 aliphatic rings. The largest absolute Gasteiger partial charge is 0.497 e. The number of fused-ring (bicyclic) bond motifs is 1. The Bertz CT molecular complexity index is 1290. The highest BCUT2D eigenvalue weighted by molar-refractivity contribution is 5.96. The lowest BCUT2D eigenvalue weighted by atomic mass is 10.2. The van der Waals surface area contributed by atoms with E-state index >= 15 is 0 Å². The van der Waals surface area contributed by atoms with Gasteiger partial charge in [0, 0.05) is 18.3 Å². The summed E-state index contributed by atoms with van der Waals surface area (Å²) < 4.78 is 39.1. The Morgan fingerprint density at radius 2 is 2.00 bits per heavy atom. The molecule has 32 heavy (non-hydrogen) atoms. The van der Waals surface area contributed by atoms with E-state index in [0.29, 0.717) is 33.9 Å². The van der Waals surface area contributed by atoms with Crippen LogP contribution in [0, 0.1) is 11.6 Å². The summed E-state index contributed by atoms with van der Waals surface area (Å²) in [6.07, 6.45) is 4.47. The van der Waals surface area contributed by atoms with Crippen LogP contribution < -0.4 is 20.1 Å². The molecule has 9 nitrogen and oxygen atoms in total. The molecular formula is C21H18F2N6O3. The molecule has 0 fully saturated rings. The summed E-state index contributed by atoms with van der Waals surface area (Å²) in [6.45, 7) is -0.206. The molecule has 0 bridgehead atoms. The average molecular weight is 440 g/mol. The number of ether oxygens (including phenoxy) is 2.